The standard InChI is InChI=1S/C19H32O3S/c1-2-3-4-5-6-7-8-9-10-11-13-18-14-12-15-19(16-18)17-22-23(20)21/h12,14-16H,2-11,13,17H2,1H3,(H,20,21). The molecule has 0 bridgehead atoms. The molecule has 4 heteroatoms. The molecule has 0 amide bonds. The summed E-state index contributed by atoms with van der Waals surface area (Å²) in [5.74, 6) is 0. The molecular weight excluding hydrogens is 308 g/mol. The molecule has 0 radical (unpaired) electrons. The zero-order chi connectivity index (χ0) is 16.8. The van der Waals surface area contributed by atoms with Crippen molar-refractivity contribution in [1.29, 1.82) is 0 Å². The van der Waals surface area contributed by atoms with E-state index in [4.69, 9.17) is 8.74 Å². The van der Waals surface area contributed by atoms with Gasteiger partial charge >= 0.3 is 11.4 Å². The summed E-state index contributed by atoms with van der Waals surface area (Å²) in [7, 11) is 0. The molecule has 132 valence electrons. The molecule has 1 aromatic carbocycles. The lowest BCUT2D eigenvalue weighted by Crippen LogP contribution is -1.96. The SMILES string of the molecule is CCCCCCCCCCCCc1cccc(COS(=O)O)c1. The minimum Gasteiger partial charge on any atom is -0.284 e. The van der Waals surface area contributed by atoms with Gasteiger partial charge in [-0.25, -0.2) is 0 Å². The van der Waals surface area contributed by atoms with Crippen LogP contribution in [-0.4, -0.2) is 8.76 Å². The maximum Gasteiger partial charge on any atom is 0.302 e. The third-order valence-electron chi connectivity index (χ3n) is 4.14. The van der Waals surface area contributed by atoms with Crippen molar-refractivity contribution in [2.75, 3.05) is 0 Å². The largest absolute Gasteiger partial charge is 0.302 e. The Kier molecular flexibility index (Phi) is 12.1. The second kappa shape index (κ2) is 13.7. The van der Waals surface area contributed by atoms with Crippen LogP contribution in [0.15, 0.2) is 24.3 Å². The van der Waals surface area contributed by atoms with Crippen molar-refractivity contribution < 1.29 is 12.9 Å². The minimum absolute atomic E-state index is 0.189. The highest BCUT2D eigenvalue weighted by atomic mass is 32.2. The fraction of sp³-hybridized carbons (Fsp3) is 0.684. The smallest absolute Gasteiger partial charge is 0.284 e. The predicted octanol–water partition coefficient (Wildman–Crippen LogP) is 5.80. The van der Waals surface area contributed by atoms with E-state index in [-0.39, 0.29) is 6.61 Å². The second-order valence-electron chi connectivity index (χ2n) is 6.23. The molecule has 0 spiro atoms. The number of aryl methyl sites for hydroxylation is 1. The molecule has 0 aliphatic rings. The average molecular weight is 341 g/mol. The van der Waals surface area contributed by atoms with Gasteiger partial charge in [0.15, 0.2) is 0 Å². The first-order chi connectivity index (χ1) is 11.2. The maximum absolute atomic E-state index is 10.5. The number of unbranched alkanes of at least 4 members (excludes halogenated alkanes) is 9. The van der Waals surface area contributed by atoms with E-state index in [0.29, 0.717) is 0 Å². The first kappa shape index (κ1) is 20.3. The van der Waals surface area contributed by atoms with Gasteiger partial charge in [-0.1, -0.05) is 89.0 Å². The van der Waals surface area contributed by atoms with Gasteiger partial charge in [0.1, 0.15) is 0 Å². The molecule has 1 atom stereocenters. The van der Waals surface area contributed by atoms with Gasteiger partial charge < -0.3 is 0 Å². The van der Waals surface area contributed by atoms with Crippen LogP contribution in [0, 0.1) is 0 Å². The molecule has 3 nitrogen and oxygen atoms in total. The van der Waals surface area contributed by atoms with E-state index < -0.39 is 11.4 Å². The predicted molar refractivity (Wildman–Crippen MR) is 97.6 cm³/mol. The summed E-state index contributed by atoms with van der Waals surface area (Å²) in [6.45, 7) is 2.45. The average Bonchev–Trinajstić information content (AvgIpc) is 2.55. The highest BCUT2D eigenvalue weighted by Gasteiger charge is 2.00. The van der Waals surface area contributed by atoms with Crippen molar-refractivity contribution in [2.24, 2.45) is 0 Å². The van der Waals surface area contributed by atoms with Gasteiger partial charge in [0.2, 0.25) is 0 Å². The first-order valence-electron chi connectivity index (χ1n) is 9.04. The lowest BCUT2D eigenvalue weighted by molar-refractivity contribution is 0.297. The van der Waals surface area contributed by atoms with Crippen molar-refractivity contribution in [1.82, 2.24) is 0 Å². The Labute approximate surface area is 144 Å². The minimum atomic E-state index is -2.19. The summed E-state index contributed by atoms with van der Waals surface area (Å²) < 4.78 is 23.9. The van der Waals surface area contributed by atoms with Crippen molar-refractivity contribution in [3.8, 4) is 0 Å². The molecular formula is C19H32O3S. The Morgan fingerprint density at radius 1 is 0.913 bits per heavy atom. The molecule has 1 aromatic rings. The van der Waals surface area contributed by atoms with Crippen LogP contribution in [-0.2, 0) is 28.6 Å². The molecule has 1 N–H and O–H groups in total. The first-order valence-corrected chi connectivity index (χ1v) is 10.1. The molecule has 23 heavy (non-hydrogen) atoms. The summed E-state index contributed by atoms with van der Waals surface area (Å²) in [5, 5.41) is 0. The van der Waals surface area contributed by atoms with E-state index in [0.717, 1.165) is 12.0 Å². The number of hydrogen-bond donors (Lipinski definition) is 1. The molecule has 1 rings (SSSR count). The van der Waals surface area contributed by atoms with Crippen molar-refractivity contribution >= 4 is 11.4 Å². The van der Waals surface area contributed by atoms with Gasteiger partial charge in [-0.3, -0.25) is 8.74 Å². The van der Waals surface area contributed by atoms with E-state index in [2.05, 4.69) is 19.1 Å². The molecule has 0 saturated carbocycles. The van der Waals surface area contributed by atoms with E-state index >= 15 is 0 Å². The van der Waals surface area contributed by atoms with E-state index in [1.807, 2.05) is 12.1 Å². The quantitative estimate of drug-likeness (QED) is 0.344. The zero-order valence-electron chi connectivity index (χ0n) is 14.5. The van der Waals surface area contributed by atoms with Gasteiger partial charge in [-0.2, -0.15) is 4.21 Å². The molecule has 0 aliphatic heterocycles. The number of benzene rings is 1. The third-order valence-corrected chi connectivity index (χ3v) is 4.46. The molecule has 0 aliphatic carbocycles. The molecule has 0 aromatic heterocycles. The molecule has 0 heterocycles. The monoisotopic (exact) mass is 340 g/mol. The Morgan fingerprint density at radius 2 is 1.48 bits per heavy atom. The van der Waals surface area contributed by atoms with Crippen LogP contribution in [0.3, 0.4) is 0 Å². The number of hydrogen-bond acceptors (Lipinski definition) is 2. The lowest BCUT2D eigenvalue weighted by atomic mass is 10.0. The highest BCUT2D eigenvalue weighted by Crippen LogP contribution is 2.14. The van der Waals surface area contributed by atoms with Gasteiger partial charge in [0, 0.05) is 0 Å². The van der Waals surface area contributed by atoms with E-state index in [1.165, 1.54) is 69.8 Å². The Bertz CT molecular complexity index is 434. The number of rotatable bonds is 14. The van der Waals surface area contributed by atoms with Crippen LogP contribution >= 0.6 is 0 Å². The van der Waals surface area contributed by atoms with Crippen LogP contribution in [0.4, 0.5) is 0 Å². The summed E-state index contributed by atoms with van der Waals surface area (Å²) in [6, 6.07) is 8.10. The summed E-state index contributed by atoms with van der Waals surface area (Å²) in [4.78, 5) is 0. The van der Waals surface area contributed by atoms with Crippen LogP contribution in [0.1, 0.15) is 82.3 Å². The lowest BCUT2D eigenvalue weighted by Gasteiger charge is -2.05. The Morgan fingerprint density at radius 3 is 2.09 bits per heavy atom. The Balaban J connectivity index is 2.05. The maximum atomic E-state index is 10.5. The molecule has 0 saturated heterocycles. The fourth-order valence-electron chi connectivity index (χ4n) is 2.81. The van der Waals surface area contributed by atoms with Crippen molar-refractivity contribution in [3.63, 3.8) is 0 Å². The normalized spacial score (nSPS) is 12.4. The summed E-state index contributed by atoms with van der Waals surface area (Å²) in [6.07, 6.45) is 14.6. The summed E-state index contributed by atoms with van der Waals surface area (Å²) >= 11 is -2.19. The summed E-state index contributed by atoms with van der Waals surface area (Å²) in [5.41, 5.74) is 2.24. The van der Waals surface area contributed by atoms with Crippen LogP contribution < -0.4 is 0 Å². The molecule has 0 fully saturated rings. The van der Waals surface area contributed by atoms with E-state index in [1.54, 1.807) is 0 Å². The van der Waals surface area contributed by atoms with Crippen LogP contribution in [0.5, 0.6) is 0 Å². The third kappa shape index (κ3) is 11.5. The zero-order valence-corrected chi connectivity index (χ0v) is 15.3. The topological polar surface area (TPSA) is 46.5 Å². The van der Waals surface area contributed by atoms with E-state index in [9.17, 15) is 4.21 Å². The highest BCUT2D eigenvalue weighted by molar-refractivity contribution is 7.74. The van der Waals surface area contributed by atoms with Crippen molar-refractivity contribution in [3.05, 3.63) is 35.4 Å². The fourth-order valence-corrected chi connectivity index (χ4v) is 3.05. The van der Waals surface area contributed by atoms with Crippen LogP contribution in [0.2, 0.25) is 0 Å². The Hall–Kier alpha value is -0.710. The second-order valence-corrected chi connectivity index (χ2v) is 6.90. The molecule has 1 unspecified atom stereocenters. The van der Waals surface area contributed by atoms with Crippen LogP contribution in [0.25, 0.3) is 0 Å². The van der Waals surface area contributed by atoms with Gasteiger partial charge in [0.25, 0.3) is 0 Å². The van der Waals surface area contributed by atoms with Crippen molar-refractivity contribution in [2.45, 2.75) is 84.2 Å². The van der Waals surface area contributed by atoms with Gasteiger partial charge in [0.05, 0.1) is 6.61 Å². The van der Waals surface area contributed by atoms with Gasteiger partial charge in [-0.15, -0.1) is 0 Å². The van der Waals surface area contributed by atoms with Gasteiger partial charge in [-0.05, 0) is 24.0 Å².